The summed E-state index contributed by atoms with van der Waals surface area (Å²) in [4.78, 5) is 0. The quantitative estimate of drug-likeness (QED) is 0.0970. The molecule has 0 unspecified atom stereocenters. The van der Waals surface area contributed by atoms with E-state index >= 15 is 0 Å². The predicted molar refractivity (Wildman–Crippen MR) is 170 cm³/mol. The summed E-state index contributed by atoms with van der Waals surface area (Å²) in [7, 11) is -6.83. The maximum Gasteiger partial charge on any atom is 0.485 e. The summed E-state index contributed by atoms with van der Waals surface area (Å²) < 4.78 is 58.9. The molecular formula is C31H50F3O3P2RhS+. The number of rotatable bonds is 6. The van der Waals surface area contributed by atoms with Crippen LogP contribution in [0, 0.1) is 0 Å². The third-order valence-electron chi connectivity index (χ3n) is 8.62. The van der Waals surface area contributed by atoms with Gasteiger partial charge in [0.25, 0.3) is 0 Å². The second-order valence-corrected chi connectivity index (χ2v) is 18.6. The van der Waals surface area contributed by atoms with Crippen LogP contribution >= 0.6 is 15.8 Å². The number of allylic oxidation sites excluding steroid dienone is 4. The Kier molecular flexibility index (Phi) is 18.3. The molecule has 237 valence electrons. The molecular weight excluding hydrogens is 674 g/mol. The fourth-order valence-corrected chi connectivity index (χ4v) is 15.5. The van der Waals surface area contributed by atoms with Crippen molar-refractivity contribution in [1.29, 1.82) is 0 Å². The van der Waals surface area contributed by atoms with Crippen molar-refractivity contribution >= 4 is 36.6 Å². The zero-order valence-corrected chi connectivity index (χ0v) is 29.5. The summed E-state index contributed by atoms with van der Waals surface area (Å²) in [5, 5.41) is 3.79. The molecule has 2 saturated heterocycles. The number of halogens is 3. The maximum atomic E-state index is 10.7. The summed E-state index contributed by atoms with van der Waals surface area (Å²) >= 11 is 0. The smallest absolute Gasteiger partial charge is 0.485 e. The molecule has 3 nitrogen and oxygen atoms in total. The summed E-state index contributed by atoms with van der Waals surface area (Å²) in [5.74, 6) is 0. The van der Waals surface area contributed by atoms with E-state index in [2.05, 4.69) is 76.3 Å². The molecule has 1 aromatic rings. The van der Waals surface area contributed by atoms with E-state index in [1.54, 1.807) is 0 Å². The van der Waals surface area contributed by atoms with Crippen molar-refractivity contribution in [3.63, 3.8) is 0 Å². The molecule has 0 aromatic heterocycles. The minimum atomic E-state index is -6.09. The van der Waals surface area contributed by atoms with E-state index in [1.165, 1.54) is 77.0 Å². The van der Waals surface area contributed by atoms with Gasteiger partial charge in [0.05, 0.1) is 22.6 Å². The number of alkyl halides is 3. The fourth-order valence-electron chi connectivity index (χ4n) is 6.51. The molecule has 2 aliphatic heterocycles. The average Bonchev–Trinajstić information content (AvgIpc) is 3.51. The molecule has 2 heterocycles. The Balaban J connectivity index is 0.000000407. The van der Waals surface area contributed by atoms with Crippen LogP contribution in [0.2, 0.25) is 0 Å². The first-order valence-corrected chi connectivity index (χ1v) is 19.9. The van der Waals surface area contributed by atoms with Crippen LogP contribution in [0.4, 0.5) is 13.2 Å². The Morgan fingerprint density at radius 1 is 0.683 bits per heavy atom. The zero-order valence-electron chi connectivity index (χ0n) is 25.0. The van der Waals surface area contributed by atoms with Crippen LogP contribution in [0.5, 0.6) is 0 Å². The van der Waals surface area contributed by atoms with Crippen molar-refractivity contribution in [2.24, 2.45) is 0 Å². The first-order valence-electron chi connectivity index (χ1n) is 15.1. The Hall–Kier alpha value is -0.117. The SMILES string of the molecule is C1=C\CC/C=C\CC/1.CC[C@H]1CC[C@H](CC)[PH+]1c1ccccc1[PH+]1[C@@H](CC)CC[C@@H]1CC.O=S(=O)([O-])C(F)(F)F.[Rh]. The van der Waals surface area contributed by atoms with Crippen molar-refractivity contribution in [3.05, 3.63) is 48.6 Å². The number of hydrogen-bond acceptors (Lipinski definition) is 3. The zero-order chi connectivity index (χ0) is 29.8. The van der Waals surface area contributed by atoms with Gasteiger partial charge in [-0.3, -0.25) is 0 Å². The van der Waals surface area contributed by atoms with Gasteiger partial charge in [-0.15, -0.1) is 0 Å². The van der Waals surface area contributed by atoms with E-state index in [4.69, 9.17) is 13.0 Å². The van der Waals surface area contributed by atoms with Gasteiger partial charge in [-0.25, -0.2) is 8.42 Å². The van der Waals surface area contributed by atoms with Crippen LogP contribution < -0.4 is 10.6 Å². The van der Waals surface area contributed by atoms with E-state index in [9.17, 15) is 13.2 Å². The van der Waals surface area contributed by atoms with Crippen LogP contribution in [-0.2, 0) is 29.6 Å². The summed E-state index contributed by atoms with van der Waals surface area (Å²) in [6.45, 7) is 9.79. The first-order chi connectivity index (χ1) is 19.0. The van der Waals surface area contributed by atoms with Crippen molar-refractivity contribution in [3.8, 4) is 0 Å². The number of hydrogen-bond donors (Lipinski definition) is 0. The fraction of sp³-hybridized carbons (Fsp3) is 0.677. The van der Waals surface area contributed by atoms with Gasteiger partial charge in [0.15, 0.2) is 10.1 Å². The third-order valence-corrected chi connectivity index (χ3v) is 17.9. The van der Waals surface area contributed by atoms with Gasteiger partial charge in [0, 0.05) is 35.3 Å². The van der Waals surface area contributed by atoms with Gasteiger partial charge in [0.2, 0.25) is 0 Å². The minimum absolute atomic E-state index is 0. The molecule has 1 radical (unpaired) electrons. The predicted octanol–water partition coefficient (Wildman–Crippen LogP) is 8.79. The molecule has 4 rings (SSSR count). The molecule has 10 heteroatoms. The van der Waals surface area contributed by atoms with Crippen LogP contribution in [0.3, 0.4) is 0 Å². The van der Waals surface area contributed by atoms with Crippen molar-refractivity contribution in [2.45, 2.75) is 133 Å². The normalized spacial score (nSPS) is 26.8. The minimum Gasteiger partial charge on any atom is -0.741 e. The van der Waals surface area contributed by atoms with E-state index in [0.717, 1.165) is 22.6 Å². The van der Waals surface area contributed by atoms with Crippen molar-refractivity contribution < 1.29 is 45.6 Å². The molecule has 0 amide bonds. The first kappa shape index (κ1) is 38.9. The maximum absolute atomic E-state index is 10.7. The van der Waals surface area contributed by atoms with Crippen molar-refractivity contribution in [1.82, 2.24) is 0 Å². The van der Waals surface area contributed by atoms with E-state index in [-0.39, 0.29) is 35.3 Å². The van der Waals surface area contributed by atoms with Crippen molar-refractivity contribution in [2.75, 3.05) is 0 Å². The molecule has 0 spiro atoms. The van der Waals surface area contributed by atoms with E-state index in [1.807, 2.05) is 10.6 Å². The Bertz CT molecular complexity index is 952. The largest absolute Gasteiger partial charge is 0.741 e. The Morgan fingerprint density at radius 3 is 1.12 bits per heavy atom. The van der Waals surface area contributed by atoms with Gasteiger partial charge in [0.1, 0.15) is 10.6 Å². The van der Waals surface area contributed by atoms with Gasteiger partial charge >= 0.3 is 5.51 Å². The molecule has 1 aliphatic carbocycles. The van der Waals surface area contributed by atoms with Crippen LogP contribution in [0.25, 0.3) is 0 Å². The third kappa shape index (κ3) is 11.7. The summed E-state index contributed by atoms with van der Waals surface area (Å²) in [5.41, 5.74) is -1.52. The number of benzene rings is 1. The van der Waals surface area contributed by atoms with E-state index < -0.39 is 15.6 Å². The molecule has 0 bridgehead atoms. The molecule has 1 aromatic carbocycles. The van der Waals surface area contributed by atoms with E-state index in [0.29, 0.717) is 0 Å². The van der Waals surface area contributed by atoms with Crippen LogP contribution in [0.1, 0.15) is 105 Å². The monoisotopic (exact) mass is 724 g/mol. The summed E-state index contributed by atoms with van der Waals surface area (Å²) in [6, 6.07) is 9.87. The van der Waals surface area contributed by atoms with Crippen LogP contribution in [-0.4, -0.2) is 41.1 Å². The van der Waals surface area contributed by atoms with Gasteiger partial charge < -0.3 is 4.55 Å². The van der Waals surface area contributed by atoms with Gasteiger partial charge in [-0.1, -0.05) is 64.1 Å². The topological polar surface area (TPSA) is 57.2 Å². The Labute approximate surface area is 262 Å². The molecule has 2 fully saturated rings. The summed E-state index contributed by atoms with van der Waals surface area (Å²) in [6.07, 6.45) is 25.7. The molecule has 3 aliphatic rings. The average molecular weight is 725 g/mol. The molecule has 0 N–H and O–H groups in total. The van der Waals surface area contributed by atoms with Gasteiger partial charge in [-0.05, 0) is 89.2 Å². The van der Waals surface area contributed by atoms with Gasteiger partial charge in [-0.2, -0.15) is 13.2 Å². The molecule has 0 saturated carbocycles. The standard InChI is InChI=1S/C22H36P2.C8H12.CHF3O3S.Rh/c1-5-17-13-14-18(6-2)23(17)21-11-9-10-12-22(21)24-19(7-3)15-16-20(24)8-4;1-2-4-6-8-7-5-3-1;2-1(3,4)8(5,6)7;/h9-12,17-20H,5-8,13-16H2,1-4H3;1-2,7-8H,3-6H2;(H,5,6,7);/p+1/b;2-1-,8-7-;;/t17-,18-,19-,20-;;;/m0.../s1. The molecule has 41 heavy (non-hydrogen) atoms. The second kappa shape index (κ2) is 19.3. The van der Waals surface area contributed by atoms with Crippen LogP contribution in [0.15, 0.2) is 48.6 Å². The Morgan fingerprint density at radius 2 is 0.927 bits per heavy atom. The second-order valence-electron chi connectivity index (χ2n) is 11.0. The molecule has 4 atom stereocenters.